The molecule has 2 nitrogen and oxygen atoms in total. The van der Waals surface area contributed by atoms with Crippen molar-refractivity contribution < 1.29 is 18.3 Å². The number of hydrogen-bond acceptors (Lipinski definition) is 2. The Bertz CT molecular complexity index is 689. The molecule has 0 bridgehead atoms. The van der Waals surface area contributed by atoms with Gasteiger partial charge in [-0.2, -0.15) is 0 Å². The van der Waals surface area contributed by atoms with Crippen LogP contribution >= 0.6 is 0 Å². The second-order valence-corrected chi connectivity index (χ2v) is 5.96. The van der Waals surface area contributed by atoms with Crippen LogP contribution < -0.4 is 0 Å². The molecule has 120 valence electrons. The molecular formula is C19H18F2O2. The molecular weight excluding hydrogens is 298 g/mol. The van der Waals surface area contributed by atoms with E-state index in [0.717, 1.165) is 18.4 Å². The van der Waals surface area contributed by atoms with Gasteiger partial charge in [0.1, 0.15) is 18.2 Å². The normalized spacial score (nSPS) is 16.3. The maximum Gasteiger partial charge on any atom is 0.316 e. The second-order valence-electron chi connectivity index (χ2n) is 5.96. The van der Waals surface area contributed by atoms with E-state index >= 15 is 0 Å². The molecule has 3 rings (SSSR count). The van der Waals surface area contributed by atoms with Crippen LogP contribution in [0.5, 0.6) is 0 Å². The molecule has 0 amide bonds. The summed E-state index contributed by atoms with van der Waals surface area (Å²) in [5.41, 5.74) is 0.391. The summed E-state index contributed by atoms with van der Waals surface area (Å²) in [6, 6.07) is 12.3. The highest BCUT2D eigenvalue weighted by atomic mass is 19.1. The number of carbonyl (C=O) groups excluding carboxylic acids is 1. The first-order valence-electron chi connectivity index (χ1n) is 7.78. The van der Waals surface area contributed by atoms with E-state index < -0.39 is 5.41 Å². The SMILES string of the molecule is O=C(OCc1ccccc1F)C1(c2ccc(F)cc2)CCCC1. The lowest BCUT2D eigenvalue weighted by molar-refractivity contribution is -0.152. The quantitative estimate of drug-likeness (QED) is 0.775. The van der Waals surface area contributed by atoms with E-state index in [1.807, 2.05) is 0 Å². The standard InChI is InChI=1S/C19H18F2O2/c20-16-9-7-15(8-10-16)19(11-3-4-12-19)18(22)23-13-14-5-1-2-6-17(14)21/h1-2,5-10H,3-4,11-13H2. The van der Waals surface area contributed by atoms with Gasteiger partial charge in [0.25, 0.3) is 0 Å². The Balaban J connectivity index is 1.79. The minimum absolute atomic E-state index is 0.0888. The molecule has 2 aromatic rings. The number of benzene rings is 2. The number of esters is 1. The number of ether oxygens (including phenoxy) is 1. The van der Waals surface area contributed by atoms with E-state index in [9.17, 15) is 13.6 Å². The summed E-state index contributed by atoms with van der Waals surface area (Å²) in [6.07, 6.45) is 3.20. The molecule has 1 saturated carbocycles. The van der Waals surface area contributed by atoms with Gasteiger partial charge in [-0.05, 0) is 36.6 Å². The van der Waals surface area contributed by atoms with E-state index in [0.29, 0.717) is 18.4 Å². The van der Waals surface area contributed by atoms with Crippen LogP contribution in [0.15, 0.2) is 48.5 Å². The molecule has 1 aliphatic rings. The van der Waals surface area contributed by atoms with Crippen LogP contribution in [-0.2, 0) is 21.6 Å². The molecule has 0 N–H and O–H groups in total. The van der Waals surface area contributed by atoms with Crippen LogP contribution in [0.4, 0.5) is 8.78 Å². The molecule has 0 saturated heterocycles. The van der Waals surface area contributed by atoms with Gasteiger partial charge in [0.2, 0.25) is 0 Å². The van der Waals surface area contributed by atoms with Crippen LogP contribution in [-0.4, -0.2) is 5.97 Å². The van der Waals surface area contributed by atoms with Crippen LogP contribution in [0, 0.1) is 11.6 Å². The molecule has 0 unspecified atom stereocenters. The van der Waals surface area contributed by atoms with Crippen LogP contribution in [0.3, 0.4) is 0 Å². The first-order valence-corrected chi connectivity index (χ1v) is 7.78. The number of halogens is 2. The number of rotatable bonds is 4. The summed E-state index contributed by atoms with van der Waals surface area (Å²) in [4.78, 5) is 12.7. The van der Waals surface area contributed by atoms with Crippen molar-refractivity contribution in [1.82, 2.24) is 0 Å². The monoisotopic (exact) mass is 316 g/mol. The first kappa shape index (κ1) is 15.7. The maximum absolute atomic E-state index is 13.6. The van der Waals surface area contributed by atoms with Crippen molar-refractivity contribution >= 4 is 5.97 Å². The third-order valence-electron chi connectivity index (χ3n) is 4.56. The fraction of sp³-hybridized carbons (Fsp3) is 0.316. The van der Waals surface area contributed by atoms with Crippen LogP contribution in [0.25, 0.3) is 0 Å². The van der Waals surface area contributed by atoms with E-state index in [1.54, 1.807) is 30.3 Å². The Labute approximate surface area is 134 Å². The van der Waals surface area contributed by atoms with E-state index in [1.165, 1.54) is 18.2 Å². The lowest BCUT2D eigenvalue weighted by Gasteiger charge is -2.27. The Kier molecular flexibility index (Phi) is 4.42. The van der Waals surface area contributed by atoms with Gasteiger partial charge in [0.15, 0.2) is 0 Å². The van der Waals surface area contributed by atoms with Gasteiger partial charge in [0.05, 0.1) is 5.41 Å². The van der Waals surface area contributed by atoms with E-state index in [-0.39, 0.29) is 24.2 Å². The predicted octanol–water partition coefficient (Wildman–Crippen LogP) is 4.52. The third-order valence-corrected chi connectivity index (χ3v) is 4.56. The van der Waals surface area contributed by atoms with E-state index in [4.69, 9.17) is 4.74 Å². The summed E-state index contributed by atoms with van der Waals surface area (Å²) in [6.45, 7) is -0.0888. The molecule has 0 aliphatic heterocycles. The largest absolute Gasteiger partial charge is 0.460 e. The number of hydrogen-bond donors (Lipinski definition) is 0. The van der Waals surface area contributed by atoms with Crippen molar-refractivity contribution in [2.24, 2.45) is 0 Å². The van der Waals surface area contributed by atoms with Gasteiger partial charge >= 0.3 is 5.97 Å². The molecule has 1 fully saturated rings. The van der Waals surface area contributed by atoms with Gasteiger partial charge in [-0.25, -0.2) is 8.78 Å². The molecule has 0 radical (unpaired) electrons. The summed E-state index contributed by atoms with van der Waals surface area (Å²) < 4.78 is 32.2. The first-order chi connectivity index (χ1) is 11.1. The Hall–Kier alpha value is -2.23. The van der Waals surface area contributed by atoms with Gasteiger partial charge < -0.3 is 4.74 Å². The Morgan fingerprint density at radius 1 is 1.00 bits per heavy atom. The second kappa shape index (κ2) is 6.49. The molecule has 0 heterocycles. The fourth-order valence-electron chi connectivity index (χ4n) is 3.26. The van der Waals surface area contributed by atoms with Gasteiger partial charge in [-0.15, -0.1) is 0 Å². The molecule has 2 aromatic carbocycles. The molecule has 4 heteroatoms. The zero-order chi connectivity index (χ0) is 16.3. The zero-order valence-electron chi connectivity index (χ0n) is 12.7. The average Bonchev–Trinajstić information content (AvgIpc) is 3.05. The maximum atomic E-state index is 13.6. The highest BCUT2D eigenvalue weighted by Gasteiger charge is 2.44. The molecule has 0 aromatic heterocycles. The minimum atomic E-state index is -0.737. The van der Waals surface area contributed by atoms with Crippen LogP contribution in [0.1, 0.15) is 36.8 Å². The summed E-state index contributed by atoms with van der Waals surface area (Å²) in [5.74, 6) is -1.07. The van der Waals surface area contributed by atoms with Crippen LogP contribution in [0.2, 0.25) is 0 Å². The van der Waals surface area contributed by atoms with Crippen molar-refractivity contribution in [3.05, 3.63) is 71.3 Å². The molecule has 0 spiro atoms. The van der Waals surface area contributed by atoms with Gasteiger partial charge in [0, 0.05) is 5.56 Å². The summed E-state index contributed by atoms with van der Waals surface area (Å²) in [5, 5.41) is 0. The summed E-state index contributed by atoms with van der Waals surface area (Å²) in [7, 11) is 0. The Morgan fingerprint density at radius 2 is 1.65 bits per heavy atom. The number of carbonyl (C=O) groups is 1. The van der Waals surface area contributed by atoms with Crippen molar-refractivity contribution in [2.45, 2.75) is 37.7 Å². The lowest BCUT2D eigenvalue weighted by Crippen LogP contribution is -2.34. The molecule has 23 heavy (non-hydrogen) atoms. The smallest absolute Gasteiger partial charge is 0.316 e. The minimum Gasteiger partial charge on any atom is -0.460 e. The third kappa shape index (κ3) is 3.11. The van der Waals surface area contributed by atoms with E-state index in [2.05, 4.69) is 0 Å². The highest BCUT2D eigenvalue weighted by molar-refractivity contribution is 5.83. The van der Waals surface area contributed by atoms with Gasteiger partial charge in [-0.1, -0.05) is 43.2 Å². The molecule has 0 atom stereocenters. The summed E-state index contributed by atoms with van der Waals surface area (Å²) >= 11 is 0. The predicted molar refractivity (Wildman–Crippen MR) is 82.7 cm³/mol. The highest BCUT2D eigenvalue weighted by Crippen LogP contribution is 2.42. The lowest BCUT2D eigenvalue weighted by atomic mass is 9.79. The average molecular weight is 316 g/mol. The van der Waals surface area contributed by atoms with Crippen molar-refractivity contribution in [3.63, 3.8) is 0 Å². The fourth-order valence-corrected chi connectivity index (χ4v) is 3.26. The topological polar surface area (TPSA) is 26.3 Å². The molecule has 1 aliphatic carbocycles. The Morgan fingerprint density at radius 3 is 2.30 bits per heavy atom. The van der Waals surface area contributed by atoms with Crippen molar-refractivity contribution in [1.29, 1.82) is 0 Å². The zero-order valence-corrected chi connectivity index (χ0v) is 12.7. The van der Waals surface area contributed by atoms with Crippen molar-refractivity contribution in [3.8, 4) is 0 Å². The van der Waals surface area contributed by atoms with Crippen molar-refractivity contribution in [2.75, 3.05) is 0 Å². The van der Waals surface area contributed by atoms with Gasteiger partial charge in [-0.3, -0.25) is 4.79 Å².